The molecule has 3 aromatic rings. The van der Waals surface area contributed by atoms with Crippen LogP contribution in [-0.4, -0.2) is 16.9 Å². The highest BCUT2D eigenvalue weighted by Gasteiger charge is 2.43. The molecule has 3 aromatic carbocycles. The maximum absolute atomic E-state index is 13.1. The summed E-state index contributed by atoms with van der Waals surface area (Å²) in [5.74, 6) is -0.464. The summed E-state index contributed by atoms with van der Waals surface area (Å²) in [6.45, 7) is 0. The Labute approximate surface area is 180 Å². The molecule has 4 nitrogen and oxygen atoms in total. The molecule has 1 heterocycles. The second kappa shape index (κ2) is 6.49. The number of urea groups is 1. The van der Waals surface area contributed by atoms with Gasteiger partial charge in [-0.15, -0.1) is 0 Å². The average Bonchev–Trinajstić information content (AvgIpc) is 3.17. The lowest BCUT2D eigenvalue weighted by Gasteiger charge is -2.17. The van der Waals surface area contributed by atoms with Crippen molar-refractivity contribution in [3.8, 4) is 11.1 Å². The molecule has 6 heteroatoms. The van der Waals surface area contributed by atoms with Gasteiger partial charge in [-0.2, -0.15) is 0 Å². The van der Waals surface area contributed by atoms with E-state index >= 15 is 0 Å². The van der Waals surface area contributed by atoms with Crippen LogP contribution in [0.2, 0.25) is 0 Å². The van der Waals surface area contributed by atoms with Crippen LogP contribution in [-0.2, 0) is 11.2 Å². The summed E-state index contributed by atoms with van der Waals surface area (Å²) >= 11 is 7.49. The highest BCUT2D eigenvalue weighted by molar-refractivity contribution is 14.1. The normalized spacial score (nSPS) is 15.2. The molecule has 3 amide bonds. The summed E-state index contributed by atoms with van der Waals surface area (Å²) in [5, 5.41) is 0. The van der Waals surface area contributed by atoms with Gasteiger partial charge in [-0.25, -0.2) is 14.6 Å². The standard InChI is InChI=1S/C22H13IN2O2S/c23-15-5-7-16(8-6-15)25-21(28)20(26)24(22(25)27)17-9-10-19-14(12-17)11-13-3-1-2-4-18(13)19/h1-10,12H,11H2. The number of hydrogen-bond donors (Lipinski definition) is 0. The second-order valence-corrected chi connectivity index (χ2v) is 8.35. The van der Waals surface area contributed by atoms with E-state index in [9.17, 15) is 9.59 Å². The summed E-state index contributed by atoms with van der Waals surface area (Å²) in [5.41, 5.74) is 5.87. The fourth-order valence-corrected chi connectivity index (χ4v) is 4.42. The topological polar surface area (TPSA) is 40.6 Å². The minimum Gasteiger partial charge on any atom is -0.265 e. The molecule has 136 valence electrons. The lowest BCUT2D eigenvalue weighted by molar-refractivity contribution is -0.111. The van der Waals surface area contributed by atoms with Crippen molar-refractivity contribution in [2.75, 3.05) is 9.80 Å². The first-order valence-electron chi connectivity index (χ1n) is 8.74. The third kappa shape index (κ3) is 2.59. The number of thiocarbonyl (C=S) groups is 1. The Hall–Kier alpha value is -2.58. The Morgan fingerprint density at radius 1 is 0.786 bits per heavy atom. The number of rotatable bonds is 2. The van der Waals surface area contributed by atoms with E-state index in [1.165, 1.54) is 20.9 Å². The van der Waals surface area contributed by atoms with Gasteiger partial charge in [0.25, 0.3) is 5.91 Å². The number of halogens is 1. The summed E-state index contributed by atoms with van der Waals surface area (Å²) in [7, 11) is 0. The van der Waals surface area contributed by atoms with E-state index in [-0.39, 0.29) is 4.99 Å². The summed E-state index contributed by atoms with van der Waals surface area (Å²) < 4.78 is 1.04. The summed E-state index contributed by atoms with van der Waals surface area (Å²) in [6.07, 6.45) is 0.793. The number of nitrogens with zero attached hydrogens (tertiary/aromatic N) is 2. The van der Waals surface area contributed by atoms with Gasteiger partial charge in [0.15, 0.2) is 4.99 Å². The maximum atomic E-state index is 13.1. The molecule has 2 aliphatic rings. The first-order chi connectivity index (χ1) is 13.5. The van der Waals surface area contributed by atoms with Crippen molar-refractivity contribution in [2.24, 2.45) is 0 Å². The van der Waals surface area contributed by atoms with Crippen molar-refractivity contribution >= 4 is 63.1 Å². The zero-order valence-electron chi connectivity index (χ0n) is 14.6. The number of amides is 3. The van der Waals surface area contributed by atoms with Crippen LogP contribution in [0.4, 0.5) is 16.2 Å². The van der Waals surface area contributed by atoms with Gasteiger partial charge in [-0.1, -0.05) is 42.5 Å². The van der Waals surface area contributed by atoms with Crippen LogP contribution < -0.4 is 9.80 Å². The van der Waals surface area contributed by atoms with Crippen molar-refractivity contribution in [3.05, 3.63) is 81.4 Å². The smallest absolute Gasteiger partial charge is 0.265 e. The molecule has 0 radical (unpaired) electrons. The zero-order valence-corrected chi connectivity index (χ0v) is 17.5. The van der Waals surface area contributed by atoms with Crippen LogP contribution in [0.15, 0.2) is 66.7 Å². The third-order valence-electron chi connectivity index (χ3n) is 5.09. The van der Waals surface area contributed by atoms with Gasteiger partial charge < -0.3 is 0 Å². The van der Waals surface area contributed by atoms with Gasteiger partial charge in [-0.3, -0.25) is 4.79 Å². The van der Waals surface area contributed by atoms with Crippen molar-refractivity contribution in [3.63, 3.8) is 0 Å². The van der Waals surface area contributed by atoms with Crippen LogP contribution in [0.25, 0.3) is 11.1 Å². The number of anilines is 2. The molecule has 1 fully saturated rings. The monoisotopic (exact) mass is 496 g/mol. The molecule has 0 N–H and O–H groups in total. The molecule has 28 heavy (non-hydrogen) atoms. The number of carbonyl (C=O) groups excluding carboxylic acids is 2. The molecule has 0 saturated carbocycles. The first kappa shape index (κ1) is 17.5. The van der Waals surface area contributed by atoms with Crippen molar-refractivity contribution < 1.29 is 9.59 Å². The van der Waals surface area contributed by atoms with Gasteiger partial charge in [0.2, 0.25) is 0 Å². The van der Waals surface area contributed by atoms with E-state index in [0.717, 1.165) is 21.1 Å². The van der Waals surface area contributed by atoms with Crippen molar-refractivity contribution in [1.29, 1.82) is 0 Å². The Kier molecular flexibility index (Phi) is 4.06. The molecule has 1 aliphatic carbocycles. The number of imide groups is 1. The Bertz CT molecular complexity index is 1170. The first-order valence-corrected chi connectivity index (χ1v) is 10.2. The van der Waals surface area contributed by atoms with Crippen LogP contribution in [0, 0.1) is 3.57 Å². The predicted molar refractivity (Wildman–Crippen MR) is 122 cm³/mol. The summed E-state index contributed by atoms with van der Waals surface area (Å²) in [6, 6.07) is 20.9. The SMILES string of the molecule is O=C1C(=S)N(c2ccc(I)cc2)C(=O)N1c1ccc2c(c1)Cc1ccccc1-2. The van der Waals surface area contributed by atoms with E-state index in [4.69, 9.17) is 12.2 Å². The molecule has 5 rings (SSSR count). The molecule has 0 bridgehead atoms. The molecule has 1 aliphatic heterocycles. The van der Waals surface area contributed by atoms with Crippen molar-refractivity contribution in [1.82, 2.24) is 0 Å². The Balaban J connectivity index is 1.53. The van der Waals surface area contributed by atoms with Crippen LogP contribution in [0.3, 0.4) is 0 Å². The lowest BCUT2D eigenvalue weighted by atomic mass is 10.1. The van der Waals surface area contributed by atoms with E-state index in [1.807, 2.05) is 42.5 Å². The Morgan fingerprint density at radius 3 is 2.25 bits per heavy atom. The molecular formula is C22H13IN2O2S. The highest BCUT2D eigenvalue weighted by atomic mass is 127. The zero-order chi connectivity index (χ0) is 19.4. The van der Waals surface area contributed by atoms with E-state index < -0.39 is 11.9 Å². The molecule has 0 unspecified atom stereocenters. The number of benzene rings is 3. The average molecular weight is 496 g/mol. The largest absolute Gasteiger partial charge is 0.341 e. The van der Waals surface area contributed by atoms with E-state index in [2.05, 4.69) is 34.7 Å². The second-order valence-electron chi connectivity index (χ2n) is 6.72. The van der Waals surface area contributed by atoms with Gasteiger partial charge in [0, 0.05) is 3.57 Å². The van der Waals surface area contributed by atoms with E-state index in [1.54, 1.807) is 12.1 Å². The molecule has 0 aromatic heterocycles. The van der Waals surface area contributed by atoms with Gasteiger partial charge in [0.05, 0.1) is 11.4 Å². The number of hydrogen-bond acceptors (Lipinski definition) is 3. The molecular weight excluding hydrogens is 483 g/mol. The molecule has 0 spiro atoms. The minimum atomic E-state index is -0.464. The maximum Gasteiger partial charge on any atom is 0.341 e. The van der Waals surface area contributed by atoms with E-state index in [0.29, 0.717) is 11.4 Å². The quantitative estimate of drug-likeness (QED) is 0.219. The fraction of sp³-hybridized carbons (Fsp3) is 0.0455. The van der Waals surface area contributed by atoms with Crippen LogP contribution in [0.5, 0.6) is 0 Å². The fourth-order valence-electron chi connectivity index (χ4n) is 3.78. The van der Waals surface area contributed by atoms with Crippen LogP contribution >= 0.6 is 34.8 Å². The molecule has 0 atom stereocenters. The predicted octanol–water partition coefficient (Wildman–Crippen LogP) is 5.16. The number of carbonyl (C=O) groups is 2. The molecule has 1 saturated heterocycles. The number of fused-ring (bicyclic) bond motifs is 3. The summed E-state index contributed by atoms with van der Waals surface area (Å²) in [4.78, 5) is 28.3. The van der Waals surface area contributed by atoms with Gasteiger partial charge in [0.1, 0.15) is 0 Å². The van der Waals surface area contributed by atoms with Crippen molar-refractivity contribution in [2.45, 2.75) is 6.42 Å². The lowest BCUT2D eigenvalue weighted by Crippen LogP contribution is -2.33. The minimum absolute atomic E-state index is 0.00464. The van der Waals surface area contributed by atoms with Crippen LogP contribution in [0.1, 0.15) is 11.1 Å². The third-order valence-corrected chi connectivity index (χ3v) is 6.17. The highest BCUT2D eigenvalue weighted by Crippen LogP contribution is 2.39. The van der Waals surface area contributed by atoms with Gasteiger partial charge >= 0.3 is 6.03 Å². The Morgan fingerprint density at radius 2 is 1.46 bits per heavy atom. The van der Waals surface area contributed by atoms with Gasteiger partial charge in [-0.05, 0) is 87.7 Å².